The molecule has 2 atom stereocenters. The molecular weight excluding hydrogens is 122 g/mol. The first-order valence-electron chi connectivity index (χ1n) is 4.21. The number of rotatable bonds is 2. The van der Waals surface area contributed by atoms with Crippen LogP contribution < -0.4 is 5.73 Å². The summed E-state index contributed by atoms with van der Waals surface area (Å²) in [5.74, 6) is 1.43. The van der Waals surface area contributed by atoms with Gasteiger partial charge < -0.3 is 5.73 Å². The van der Waals surface area contributed by atoms with Gasteiger partial charge in [0.25, 0.3) is 0 Å². The van der Waals surface area contributed by atoms with Gasteiger partial charge in [-0.1, -0.05) is 27.7 Å². The van der Waals surface area contributed by atoms with E-state index >= 15 is 0 Å². The summed E-state index contributed by atoms with van der Waals surface area (Å²) < 4.78 is 0. The molecule has 1 aliphatic rings. The second-order valence-corrected chi connectivity index (χ2v) is 4.62. The van der Waals surface area contributed by atoms with E-state index in [1.807, 2.05) is 0 Å². The van der Waals surface area contributed by atoms with Crippen molar-refractivity contribution < 1.29 is 0 Å². The van der Waals surface area contributed by atoms with E-state index in [1.54, 1.807) is 0 Å². The van der Waals surface area contributed by atoms with E-state index in [0.717, 1.165) is 5.92 Å². The lowest BCUT2D eigenvalue weighted by molar-refractivity contribution is 0.392. The van der Waals surface area contributed by atoms with Crippen LogP contribution in [0.2, 0.25) is 0 Å². The molecule has 0 radical (unpaired) electrons. The summed E-state index contributed by atoms with van der Waals surface area (Å²) in [7, 11) is 0. The van der Waals surface area contributed by atoms with E-state index in [4.69, 9.17) is 5.73 Å². The zero-order chi connectivity index (χ0) is 7.94. The van der Waals surface area contributed by atoms with Crippen LogP contribution in [0.1, 0.15) is 34.1 Å². The first kappa shape index (κ1) is 8.06. The average Bonchev–Trinajstić information content (AvgIpc) is 2.38. The van der Waals surface area contributed by atoms with Crippen LogP contribution in [0.25, 0.3) is 0 Å². The van der Waals surface area contributed by atoms with E-state index in [9.17, 15) is 0 Å². The smallest absolute Gasteiger partial charge is 0.00956 e. The zero-order valence-electron chi connectivity index (χ0n) is 7.52. The van der Waals surface area contributed by atoms with Crippen LogP contribution in [0.3, 0.4) is 0 Å². The van der Waals surface area contributed by atoms with Gasteiger partial charge in [0, 0.05) is 6.04 Å². The van der Waals surface area contributed by atoms with Gasteiger partial charge in [-0.15, -0.1) is 0 Å². The summed E-state index contributed by atoms with van der Waals surface area (Å²) in [6.45, 7) is 9.03. The van der Waals surface area contributed by atoms with Crippen LogP contribution in [-0.2, 0) is 0 Å². The third kappa shape index (κ3) is 1.34. The number of nitrogens with two attached hydrogens (primary N) is 1. The van der Waals surface area contributed by atoms with E-state index in [1.165, 1.54) is 6.42 Å². The van der Waals surface area contributed by atoms with Crippen LogP contribution >= 0.6 is 0 Å². The lowest BCUT2D eigenvalue weighted by atomic mass is 9.96. The minimum Gasteiger partial charge on any atom is -0.327 e. The van der Waals surface area contributed by atoms with Crippen LogP contribution in [-0.4, -0.2) is 6.04 Å². The monoisotopic (exact) mass is 141 g/mol. The van der Waals surface area contributed by atoms with Crippen molar-refractivity contribution in [2.45, 2.75) is 40.2 Å². The van der Waals surface area contributed by atoms with Gasteiger partial charge in [-0.25, -0.2) is 0 Å². The zero-order valence-corrected chi connectivity index (χ0v) is 7.52. The molecule has 1 fully saturated rings. The Bertz CT molecular complexity index is 127. The predicted molar refractivity (Wildman–Crippen MR) is 44.7 cm³/mol. The molecule has 10 heavy (non-hydrogen) atoms. The van der Waals surface area contributed by atoms with Crippen molar-refractivity contribution in [3.8, 4) is 0 Å². The molecule has 2 N–H and O–H groups in total. The molecule has 0 spiro atoms. The maximum atomic E-state index is 6.00. The van der Waals surface area contributed by atoms with Crippen molar-refractivity contribution in [3.63, 3.8) is 0 Å². The summed E-state index contributed by atoms with van der Waals surface area (Å²) in [4.78, 5) is 0. The van der Waals surface area contributed by atoms with Crippen LogP contribution in [0.15, 0.2) is 0 Å². The van der Waals surface area contributed by atoms with Crippen molar-refractivity contribution in [3.05, 3.63) is 0 Å². The van der Waals surface area contributed by atoms with Crippen LogP contribution in [0.4, 0.5) is 0 Å². The highest BCUT2D eigenvalue weighted by Crippen LogP contribution is 2.54. The molecule has 0 aromatic heterocycles. The molecule has 0 saturated heterocycles. The molecule has 0 heterocycles. The minimum atomic E-state index is 0.426. The molecule has 0 aromatic rings. The van der Waals surface area contributed by atoms with Gasteiger partial charge in [-0.3, -0.25) is 0 Å². The largest absolute Gasteiger partial charge is 0.327 e. The Morgan fingerprint density at radius 2 is 1.80 bits per heavy atom. The van der Waals surface area contributed by atoms with Gasteiger partial charge in [0.05, 0.1) is 0 Å². The summed E-state index contributed by atoms with van der Waals surface area (Å²) in [6, 6.07) is 0.426. The maximum absolute atomic E-state index is 6.00. The maximum Gasteiger partial charge on any atom is 0.00956 e. The Kier molecular flexibility index (Phi) is 1.80. The second kappa shape index (κ2) is 2.23. The Hall–Kier alpha value is -0.0400. The van der Waals surface area contributed by atoms with Crippen LogP contribution in [0.5, 0.6) is 0 Å². The Balaban J connectivity index is 2.40. The van der Waals surface area contributed by atoms with Crippen molar-refractivity contribution in [1.82, 2.24) is 0 Å². The topological polar surface area (TPSA) is 26.0 Å². The van der Waals surface area contributed by atoms with Crippen molar-refractivity contribution in [2.24, 2.45) is 23.0 Å². The van der Waals surface area contributed by atoms with E-state index in [0.29, 0.717) is 17.4 Å². The van der Waals surface area contributed by atoms with Crippen molar-refractivity contribution >= 4 is 0 Å². The van der Waals surface area contributed by atoms with E-state index in [-0.39, 0.29) is 0 Å². The molecule has 1 nitrogen and oxygen atoms in total. The van der Waals surface area contributed by atoms with Gasteiger partial charge in [-0.2, -0.15) is 0 Å². The number of hydrogen-bond acceptors (Lipinski definition) is 1. The van der Waals surface area contributed by atoms with E-state index in [2.05, 4.69) is 27.7 Å². The SMILES string of the molecule is CC(C)C(N)C1CC1(C)C. The van der Waals surface area contributed by atoms with Crippen molar-refractivity contribution in [1.29, 1.82) is 0 Å². The fourth-order valence-corrected chi connectivity index (χ4v) is 1.63. The quantitative estimate of drug-likeness (QED) is 0.625. The third-order valence-electron chi connectivity index (χ3n) is 2.82. The average molecular weight is 141 g/mol. The normalized spacial score (nSPS) is 32.4. The lowest BCUT2D eigenvalue weighted by Gasteiger charge is -2.16. The number of hydrogen-bond donors (Lipinski definition) is 1. The molecule has 0 amide bonds. The van der Waals surface area contributed by atoms with Gasteiger partial charge in [-0.05, 0) is 23.7 Å². The predicted octanol–water partition coefficient (Wildman–Crippen LogP) is 2.02. The molecule has 0 aromatic carbocycles. The third-order valence-corrected chi connectivity index (χ3v) is 2.82. The highest BCUT2D eigenvalue weighted by molar-refractivity contribution is 5.01. The van der Waals surface area contributed by atoms with Gasteiger partial charge >= 0.3 is 0 Å². The highest BCUT2D eigenvalue weighted by atomic mass is 14.7. The summed E-state index contributed by atoms with van der Waals surface area (Å²) in [5.41, 5.74) is 6.54. The Morgan fingerprint density at radius 1 is 1.40 bits per heavy atom. The van der Waals surface area contributed by atoms with Gasteiger partial charge in [0.2, 0.25) is 0 Å². The first-order valence-corrected chi connectivity index (χ1v) is 4.21. The highest BCUT2D eigenvalue weighted by Gasteiger charge is 2.49. The standard InChI is InChI=1S/C9H19N/c1-6(2)8(10)7-5-9(7,3)4/h6-8H,5,10H2,1-4H3. The molecule has 0 aliphatic heterocycles. The summed E-state index contributed by atoms with van der Waals surface area (Å²) in [6.07, 6.45) is 1.33. The molecule has 60 valence electrons. The second-order valence-electron chi connectivity index (χ2n) is 4.62. The molecule has 1 saturated carbocycles. The fraction of sp³-hybridized carbons (Fsp3) is 1.00. The molecule has 1 heteroatoms. The van der Waals surface area contributed by atoms with E-state index < -0.39 is 0 Å². The summed E-state index contributed by atoms with van der Waals surface area (Å²) in [5, 5.41) is 0. The molecule has 1 aliphatic carbocycles. The minimum absolute atomic E-state index is 0.426. The molecule has 2 unspecified atom stereocenters. The fourth-order valence-electron chi connectivity index (χ4n) is 1.63. The van der Waals surface area contributed by atoms with Gasteiger partial charge in [0.15, 0.2) is 0 Å². The van der Waals surface area contributed by atoms with Gasteiger partial charge in [0.1, 0.15) is 0 Å². The Morgan fingerprint density at radius 3 is 1.90 bits per heavy atom. The molecular formula is C9H19N. The van der Waals surface area contributed by atoms with Crippen LogP contribution in [0, 0.1) is 17.3 Å². The Labute approximate surface area is 64.0 Å². The molecule has 0 bridgehead atoms. The first-order chi connectivity index (χ1) is 4.45. The molecule has 1 rings (SSSR count). The summed E-state index contributed by atoms with van der Waals surface area (Å²) >= 11 is 0. The lowest BCUT2D eigenvalue weighted by Crippen LogP contribution is -2.30. The van der Waals surface area contributed by atoms with Crippen molar-refractivity contribution in [2.75, 3.05) is 0 Å².